The molecule has 5 nitrogen and oxygen atoms in total. The van der Waals surface area contributed by atoms with E-state index in [-0.39, 0.29) is 11.8 Å². The summed E-state index contributed by atoms with van der Waals surface area (Å²) in [5.74, 6) is 0.406. The Hall–Kier alpha value is -3.60. The third-order valence-electron chi connectivity index (χ3n) is 4.92. The van der Waals surface area contributed by atoms with Crippen LogP contribution in [0.5, 0.6) is 5.75 Å². The third kappa shape index (κ3) is 6.71. The van der Waals surface area contributed by atoms with Gasteiger partial charge in [0.25, 0.3) is 5.91 Å². The molecule has 5 heteroatoms. The SMILES string of the molecule is CCC(Oc1ccccc1C)C(=O)Nc1cccc(NC(=O)CCc2ccccc2)c1. The van der Waals surface area contributed by atoms with E-state index in [0.29, 0.717) is 36.4 Å². The lowest BCUT2D eigenvalue weighted by Crippen LogP contribution is -2.32. The smallest absolute Gasteiger partial charge is 0.265 e. The minimum atomic E-state index is -0.606. The molecule has 0 saturated carbocycles. The fourth-order valence-corrected chi connectivity index (χ4v) is 3.19. The molecule has 0 heterocycles. The lowest BCUT2D eigenvalue weighted by molar-refractivity contribution is -0.122. The molecule has 0 aliphatic carbocycles. The van der Waals surface area contributed by atoms with Crippen molar-refractivity contribution in [1.82, 2.24) is 0 Å². The van der Waals surface area contributed by atoms with Crippen molar-refractivity contribution in [3.63, 3.8) is 0 Å². The van der Waals surface area contributed by atoms with Crippen LogP contribution in [0.1, 0.15) is 30.9 Å². The van der Waals surface area contributed by atoms with Gasteiger partial charge in [-0.25, -0.2) is 0 Å². The van der Waals surface area contributed by atoms with E-state index in [9.17, 15) is 9.59 Å². The first-order valence-corrected chi connectivity index (χ1v) is 10.5. The van der Waals surface area contributed by atoms with E-state index in [1.54, 1.807) is 24.3 Å². The van der Waals surface area contributed by atoms with Gasteiger partial charge in [-0.05, 0) is 55.2 Å². The monoisotopic (exact) mass is 416 g/mol. The van der Waals surface area contributed by atoms with Crippen LogP contribution in [0.2, 0.25) is 0 Å². The van der Waals surface area contributed by atoms with Gasteiger partial charge in [-0.1, -0.05) is 61.5 Å². The van der Waals surface area contributed by atoms with E-state index in [1.807, 2.05) is 68.4 Å². The molecule has 2 N–H and O–H groups in total. The maximum atomic E-state index is 12.7. The quantitative estimate of drug-likeness (QED) is 0.493. The van der Waals surface area contributed by atoms with Crippen LogP contribution in [0.25, 0.3) is 0 Å². The molecule has 160 valence electrons. The molecule has 0 aromatic heterocycles. The number of rotatable bonds is 9. The van der Waals surface area contributed by atoms with Gasteiger partial charge in [0.05, 0.1) is 0 Å². The number of anilines is 2. The fraction of sp³-hybridized carbons (Fsp3) is 0.231. The van der Waals surface area contributed by atoms with Gasteiger partial charge in [0, 0.05) is 17.8 Å². The first kappa shape index (κ1) is 22.1. The maximum absolute atomic E-state index is 12.7. The molecular weight excluding hydrogens is 388 g/mol. The van der Waals surface area contributed by atoms with Crippen LogP contribution in [0.4, 0.5) is 11.4 Å². The number of amides is 2. The normalized spacial score (nSPS) is 11.4. The molecule has 0 aliphatic rings. The molecule has 1 atom stereocenters. The van der Waals surface area contributed by atoms with Crippen molar-refractivity contribution < 1.29 is 14.3 Å². The molecule has 0 bridgehead atoms. The predicted molar refractivity (Wildman–Crippen MR) is 124 cm³/mol. The van der Waals surface area contributed by atoms with E-state index in [2.05, 4.69) is 10.6 Å². The van der Waals surface area contributed by atoms with Crippen molar-refractivity contribution in [2.45, 2.75) is 39.2 Å². The largest absolute Gasteiger partial charge is 0.480 e. The molecule has 3 aromatic carbocycles. The number of carbonyl (C=O) groups is 2. The molecule has 3 rings (SSSR count). The van der Waals surface area contributed by atoms with Gasteiger partial charge >= 0.3 is 0 Å². The van der Waals surface area contributed by atoms with Gasteiger partial charge in [0.2, 0.25) is 5.91 Å². The predicted octanol–water partition coefficient (Wildman–Crippen LogP) is 5.36. The molecule has 31 heavy (non-hydrogen) atoms. The summed E-state index contributed by atoms with van der Waals surface area (Å²) in [4.78, 5) is 25.0. The molecule has 3 aromatic rings. The van der Waals surface area contributed by atoms with Crippen LogP contribution in [-0.4, -0.2) is 17.9 Å². The number of benzene rings is 3. The van der Waals surface area contributed by atoms with Crippen molar-refractivity contribution in [2.24, 2.45) is 0 Å². The topological polar surface area (TPSA) is 67.4 Å². The van der Waals surface area contributed by atoms with Crippen molar-refractivity contribution in [1.29, 1.82) is 0 Å². The van der Waals surface area contributed by atoms with Gasteiger partial charge in [-0.15, -0.1) is 0 Å². The van der Waals surface area contributed by atoms with Gasteiger partial charge < -0.3 is 15.4 Å². The Morgan fingerprint density at radius 1 is 0.871 bits per heavy atom. The van der Waals surface area contributed by atoms with Gasteiger partial charge in [-0.2, -0.15) is 0 Å². The standard InChI is InChI=1S/C26H28N2O3/c1-3-23(31-24-15-8-7-10-19(24)2)26(30)28-22-14-9-13-21(18-22)27-25(29)17-16-20-11-5-4-6-12-20/h4-15,18,23H,3,16-17H2,1-2H3,(H,27,29)(H,28,30). The highest BCUT2D eigenvalue weighted by atomic mass is 16.5. The molecule has 0 saturated heterocycles. The van der Waals surface area contributed by atoms with Gasteiger partial charge in [0.1, 0.15) is 5.75 Å². The average molecular weight is 417 g/mol. The zero-order chi connectivity index (χ0) is 22.1. The lowest BCUT2D eigenvalue weighted by atomic mass is 10.1. The number of hydrogen-bond acceptors (Lipinski definition) is 3. The van der Waals surface area contributed by atoms with E-state index in [1.165, 1.54) is 0 Å². The number of carbonyl (C=O) groups excluding carboxylic acids is 2. The summed E-state index contributed by atoms with van der Waals surface area (Å²) < 4.78 is 5.92. The zero-order valence-electron chi connectivity index (χ0n) is 17.9. The Balaban J connectivity index is 1.56. The van der Waals surface area contributed by atoms with Crippen molar-refractivity contribution in [2.75, 3.05) is 10.6 Å². The molecule has 0 fully saturated rings. The van der Waals surface area contributed by atoms with Crippen molar-refractivity contribution in [3.05, 3.63) is 90.0 Å². The summed E-state index contributed by atoms with van der Waals surface area (Å²) in [5, 5.41) is 5.78. The van der Waals surface area contributed by atoms with Crippen LogP contribution in [0.15, 0.2) is 78.9 Å². The second-order valence-corrected chi connectivity index (χ2v) is 7.38. The third-order valence-corrected chi connectivity index (χ3v) is 4.92. The van der Waals surface area contributed by atoms with Crippen LogP contribution in [0, 0.1) is 6.92 Å². The van der Waals surface area contributed by atoms with Crippen LogP contribution < -0.4 is 15.4 Å². The maximum Gasteiger partial charge on any atom is 0.265 e. The molecule has 0 spiro atoms. The number of nitrogens with one attached hydrogen (secondary N) is 2. The first-order chi connectivity index (χ1) is 15.0. The Kier molecular flexibility index (Phi) is 7.82. The number of para-hydroxylation sites is 1. The van der Waals surface area contributed by atoms with Gasteiger partial charge in [-0.3, -0.25) is 9.59 Å². The summed E-state index contributed by atoms with van der Waals surface area (Å²) in [6, 6.07) is 24.7. The Bertz CT molecular complexity index is 1020. The lowest BCUT2D eigenvalue weighted by Gasteiger charge is -2.19. The second kappa shape index (κ2) is 11.0. The molecule has 2 amide bonds. The van der Waals surface area contributed by atoms with Crippen molar-refractivity contribution >= 4 is 23.2 Å². The summed E-state index contributed by atoms with van der Waals surface area (Å²) in [6.07, 6.45) is 1.00. The van der Waals surface area contributed by atoms with E-state index < -0.39 is 6.10 Å². The highest BCUT2D eigenvalue weighted by Crippen LogP contribution is 2.21. The summed E-state index contributed by atoms with van der Waals surface area (Å²) >= 11 is 0. The average Bonchev–Trinajstić information content (AvgIpc) is 2.78. The number of ether oxygens (including phenoxy) is 1. The van der Waals surface area contributed by atoms with Crippen LogP contribution in [0.3, 0.4) is 0 Å². The molecule has 0 radical (unpaired) electrons. The van der Waals surface area contributed by atoms with E-state index in [4.69, 9.17) is 4.74 Å². The van der Waals surface area contributed by atoms with E-state index in [0.717, 1.165) is 11.1 Å². The van der Waals surface area contributed by atoms with Gasteiger partial charge in [0.15, 0.2) is 6.10 Å². The van der Waals surface area contributed by atoms with E-state index >= 15 is 0 Å². The van der Waals surface area contributed by atoms with Crippen LogP contribution >= 0.6 is 0 Å². The number of hydrogen-bond donors (Lipinski definition) is 2. The first-order valence-electron chi connectivity index (χ1n) is 10.5. The molecule has 1 unspecified atom stereocenters. The highest BCUT2D eigenvalue weighted by molar-refractivity contribution is 5.96. The van der Waals surface area contributed by atoms with Crippen LogP contribution in [-0.2, 0) is 16.0 Å². The fourth-order valence-electron chi connectivity index (χ4n) is 3.19. The zero-order valence-corrected chi connectivity index (χ0v) is 17.9. The summed E-state index contributed by atoms with van der Waals surface area (Å²) in [6.45, 7) is 3.86. The molecule has 0 aliphatic heterocycles. The Labute approximate surface area is 183 Å². The Morgan fingerprint density at radius 2 is 1.55 bits per heavy atom. The Morgan fingerprint density at radius 3 is 2.26 bits per heavy atom. The van der Waals surface area contributed by atoms with Crippen molar-refractivity contribution in [3.8, 4) is 5.75 Å². The number of aryl methyl sites for hydroxylation is 2. The second-order valence-electron chi connectivity index (χ2n) is 7.38. The highest BCUT2D eigenvalue weighted by Gasteiger charge is 2.19. The molecular formula is C26H28N2O3. The summed E-state index contributed by atoms with van der Waals surface area (Å²) in [5.41, 5.74) is 3.35. The summed E-state index contributed by atoms with van der Waals surface area (Å²) in [7, 11) is 0. The minimum absolute atomic E-state index is 0.0679. The minimum Gasteiger partial charge on any atom is -0.480 e.